The zero-order valence-electron chi connectivity index (χ0n) is 9.35. The Morgan fingerprint density at radius 1 is 1.41 bits per heavy atom. The molecule has 0 aliphatic carbocycles. The van der Waals surface area contributed by atoms with Crippen molar-refractivity contribution in [2.24, 2.45) is 5.73 Å². The maximum atomic E-state index is 11.4. The van der Waals surface area contributed by atoms with Gasteiger partial charge in [0.2, 0.25) is 0 Å². The summed E-state index contributed by atoms with van der Waals surface area (Å²) in [6.07, 6.45) is 3.27. The number of carbonyl (C=O) groups is 1. The molecule has 1 aromatic heterocycles. The number of primary amides is 1. The van der Waals surface area contributed by atoms with Gasteiger partial charge >= 0.3 is 0 Å². The van der Waals surface area contributed by atoms with E-state index in [4.69, 9.17) is 10.8 Å². The quantitative estimate of drug-likeness (QED) is 0.796. The first kappa shape index (κ1) is 12.1. The Bertz CT molecular complexity index is 533. The van der Waals surface area contributed by atoms with Crippen molar-refractivity contribution in [3.05, 3.63) is 41.1 Å². The highest BCUT2D eigenvalue weighted by molar-refractivity contribution is 7.21. The molecule has 0 saturated carbocycles. The Morgan fingerprint density at radius 2 is 2.18 bits per heavy atom. The molecule has 0 bridgehead atoms. The Labute approximate surface area is 104 Å². The highest BCUT2D eigenvalue weighted by Gasteiger charge is 2.15. The zero-order valence-corrected chi connectivity index (χ0v) is 10.2. The molecule has 0 spiro atoms. The molecular formula is C13H14NO2S. The van der Waals surface area contributed by atoms with Crippen LogP contribution in [0.4, 0.5) is 0 Å². The summed E-state index contributed by atoms with van der Waals surface area (Å²) >= 11 is 1.43. The summed E-state index contributed by atoms with van der Waals surface area (Å²) in [6, 6.07) is 7.89. The fourth-order valence-corrected chi connectivity index (χ4v) is 2.92. The van der Waals surface area contributed by atoms with Gasteiger partial charge in [-0.05, 0) is 36.3 Å². The van der Waals surface area contributed by atoms with Crippen molar-refractivity contribution >= 4 is 27.3 Å². The number of nitrogens with two attached hydrogens (primary N) is 1. The number of aliphatic hydroxyl groups is 1. The van der Waals surface area contributed by atoms with Gasteiger partial charge in [-0.25, -0.2) is 0 Å². The van der Waals surface area contributed by atoms with Gasteiger partial charge in [-0.1, -0.05) is 18.2 Å². The third-order valence-corrected chi connectivity index (χ3v) is 3.83. The molecule has 1 radical (unpaired) electrons. The number of hydrogen-bond donors (Lipinski definition) is 2. The second kappa shape index (κ2) is 5.29. The van der Waals surface area contributed by atoms with Crippen molar-refractivity contribution in [3.63, 3.8) is 0 Å². The number of amides is 1. The van der Waals surface area contributed by atoms with E-state index in [0.29, 0.717) is 17.7 Å². The van der Waals surface area contributed by atoms with E-state index in [0.717, 1.165) is 15.6 Å². The van der Waals surface area contributed by atoms with Crippen LogP contribution in [0.1, 0.15) is 21.7 Å². The molecule has 89 valence electrons. The minimum Gasteiger partial charge on any atom is -0.396 e. The molecule has 1 heterocycles. The van der Waals surface area contributed by atoms with Gasteiger partial charge in [-0.15, -0.1) is 11.3 Å². The van der Waals surface area contributed by atoms with Crippen LogP contribution in [-0.4, -0.2) is 17.6 Å². The maximum absolute atomic E-state index is 11.4. The zero-order chi connectivity index (χ0) is 12.3. The lowest BCUT2D eigenvalue weighted by Crippen LogP contribution is -2.11. The highest BCUT2D eigenvalue weighted by atomic mass is 32.1. The van der Waals surface area contributed by atoms with E-state index < -0.39 is 0 Å². The molecular weight excluding hydrogens is 234 g/mol. The SMILES string of the molecule is NC(=O)c1sc2ccccc2c1C[CH]CCO. The van der Waals surface area contributed by atoms with E-state index in [9.17, 15) is 4.79 Å². The Kier molecular flexibility index (Phi) is 3.76. The summed E-state index contributed by atoms with van der Waals surface area (Å²) in [6.45, 7) is 0.133. The normalized spacial score (nSPS) is 10.9. The number of carbonyl (C=O) groups excluding carboxylic acids is 1. The van der Waals surface area contributed by atoms with Crippen molar-refractivity contribution in [3.8, 4) is 0 Å². The van der Waals surface area contributed by atoms with Crippen LogP contribution < -0.4 is 5.73 Å². The average Bonchev–Trinajstić information content (AvgIpc) is 2.69. The lowest BCUT2D eigenvalue weighted by molar-refractivity contribution is 0.100. The van der Waals surface area contributed by atoms with Crippen LogP contribution in [0.2, 0.25) is 0 Å². The van der Waals surface area contributed by atoms with Gasteiger partial charge in [0, 0.05) is 11.3 Å². The lowest BCUT2D eigenvalue weighted by atomic mass is 10.0. The molecule has 2 rings (SSSR count). The number of benzene rings is 1. The summed E-state index contributed by atoms with van der Waals surface area (Å²) < 4.78 is 1.08. The molecule has 17 heavy (non-hydrogen) atoms. The molecule has 4 heteroatoms. The predicted octanol–water partition coefficient (Wildman–Crippen LogP) is 2.13. The summed E-state index contributed by atoms with van der Waals surface area (Å²) in [5.41, 5.74) is 6.37. The molecule has 2 aromatic rings. The first-order chi connectivity index (χ1) is 8.24. The topological polar surface area (TPSA) is 63.3 Å². The second-order valence-corrected chi connectivity index (χ2v) is 4.83. The van der Waals surface area contributed by atoms with E-state index in [1.807, 2.05) is 30.7 Å². The Hall–Kier alpha value is -1.39. The van der Waals surface area contributed by atoms with Gasteiger partial charge < -0.3 is 10.8 Å². The standard InChI is InChI=1S/C13H14NO2S/c14-13(16)12-10(6-3-4-8-15)9-5-1-2-7-11(9)17-12/h1-3,5,7,15H,4,6,8H2,(H2,14,16). The van der Waals surface area contributed by atoms with Crippen molar-refractivity contribution < 1.29 is 9.90 Å². The summed E-state index contributed by atoms with van der Waals surface area (Å²) in [4.78, 5) is 12.0. The van der Waals surface area contributed by atoms with Crippen LogP contribution in [0.5, 0.6) is 0 Å². The van der Waals surface area contributed by atoms with Gasteiger partial charge in [0.15, 0.2) is 0 Å². The highest BCUT2D eigenvalue weighted by Crippen LogP contribution is 2.31. The third kappa shape index (κ3) is 2.48. The first-order valence-corrected chi connectivity index (χ1v) is 6.28. The number of fused-ring (bicyclic) bond motifs is 1. The monoisotopic (exact) mass is 248 g/mol. The minimum atomic E-state index is -0.376. The summed E-state index contributed by atoms with van der Waals surface area (Å²) in [7, 11) is 0. The number of rotatable bonds is 5. The molecule has 0 atom stereocenters. The molecule has 1 aromatic carbocycles. The van der Waals surface area contributed by atoms with Crippen molar-refractivity contribution in [1.29, 1.82) is 0 Å². The molecule has 1 amide bonds. The van der Waals surface area contributed by atoms with Gasteiger partial charge in [0.05, 0.1) is 4.88 Å². The van der Waals surface area contributed by atoms with Gasteiger partial charge in [0.25, 0.3) is 5.91 Å². The van der Waals surface area contributed by atoms with Crippen LogP contribution in [0, 0.1) is 6.42 Å². The fraction of sp³-hybridized carbons (Fsp3) is 0.231. The molecule has 0 unspecified atom stereocenters. The molecule has 0 saturated heterocycles. The number of aliphatic hydroxyl groups excluding tert-OH is 1. The lowest BCUT2D eigenvalue weighted by Gasteiger charge is -2.01. The van der Waals surface area contributed by atoms with Crippen molar-refractivity contribution in [1.82, 2.24) is 0 Å². The minimum absolute atomic E-state index is 0.133. The number of hydrogen-bond acceptors (Lipinski definition) is 3. The van der Waals surface area contributed by atoms with E-state index in [1.165, 1.54) is 11.3 Å². The van der Waals surface area contributed by atoms with E-state index in [-0.39, 0.29) is 12.5 Å². The van der Waals surface area contributed by atoms with E-state index in [2.05, 4.69) is 0 Å². The molecule has 3 N–H and O–H groups in total. The molecule has 0 fully saturated rings. The van der Waals surface area contributed by atoms with Gasteiger partial charge in [0.1, 0.15) is 0 Å². The summed E-state index contributed by atoms with van der Waals surface area (Å²) in [5.74, 6) is -0.376. The van der Waals surface area contributed by atoms with E-state index in [1.54, 1.807) is 0 Å². The predicted molar refractivity (Wildman–Crippen MR) is 70.0 cm³/mol. The smallest absolute Gasteiger partial charge is 0.259 e. The number of thiophene rings is 1. The Balaban J connectivity index is 2.41. The van der Waals surface area contributed by atoms with E-state index >= 15 is 0 Å². The molecule has 0 aliphatic rings. The maximum Gasteiger partial charge on any atom is 0.259 e. The van der Waals surface area contributed by atoms with Crippen molar-refractivity contribution in [2.75, 3.05) is 6.61 Å². The van der Waals surface area contributed by atoms with Crippen molar-refractivity contribution in [2.45, 2.75) is 12.8 Å². The van der Waals surface area contributed by atoms with Crippen LogP contribution in [0.3, 0.4) is 0 Å². The average molecular weight is 248 g/mol. The van der Waals surface area contributed by atoms with Crippen LogP contribution in [0.25, 0.3) is 10.1 Å². The van der Waals surface area contributed by atoms with Gasteiger partial charge in [-0.3, -0.25) is 4.79 Å². The molecule has 0 aliphatic heterocycles. The third-order valence-electron chi connectivity index (χ3n) is 2.60. The largest absolute Gasteiger partial charge is 0.396 e. The van der Waals surface area contributed by atoms with Crippen LogP contribution in [-0.2, 0) is 6.42 Å². The molecule has 3 nitrogen and oxygen atoms in total. The second-order valence-electron chi connectivity index (χ2n) is 3.78. The van der Waals surface area contributed by atoms with Crippen LogP contribution in [0.15, 0.2) is 24.3 Å². The first-order valence-electron chi connectivity index (χ1n) is 5.46. The Morgan fingerprint density at radius 3 is 2.88 bits per heavy atom. The summed E-state index contributed by atoms with van der Waals surface area (Å²) in [5, 5.41) is 9.85. The van der Waals surface area contributed by atoms with Gasteiger partial charge in [-0.2, -0.15) is 0 Å². The fourth-order valence-electron chi connectivity index (χ4n) is 1.84. The number of unbranched alkanes of at least 4 members (excludes halogenated alkanes) is 1. The van der Waals surface area contributed by atoms with Crippen LogP contribution >= 0.6 is 11.3 Å².